The molecule has 5 heteroatoms. The molecule has 2 aromatic rings. The van der Waals surface area contributed by atoms with Crippen LogP contribution < -0.4 is 4.74 Å². The number of rotatable bonds is 3. The second kappa shape index (κ2) is 5.76. The molecule has 0 bridgehead atoms. The number of ether oxygens (including phenoxy) is 1. The van der Waals surface area contributed by atoms with Crippen molar-refractivity contribution in [3.8, 4) is 11.8 Å². The fourth-order valence-corrected chi connectivity index (χ4v) is 2.90. The molecule has 1 aliphatic rings. The van der Waals surface area contributed by atoms with Gasteiger partial charge in [0.2, 0.25) is 0 Å². The highest BCUT2D eigenvalue weighted by Gasteiger charge is 2.25. The molecular weight excluding hydrogens is 264 g/mol. The number of nitriles is 1. The van der Waals surface area contributed by atoms with Crippen LogP contribution in [0.1, 0.15) is 11.6 Å². The summed E-state index contributed by atoms with van der Waals surface area (Å²) in [4.78, 5) is 7.81. The number of hydrogen-bond donors (Lipinski definition) is 1. The SMILES string of the molecule is COc1ccc2[nH]cc([C@@H](C#N)N3CCN(C)CC3)c2c1. The molecule has 1 aromatic heterocycles. The molecule has 0 unspecified atom stereocenters. The minimum absolute atomic E-state index is 0.209. The summed E-state index contributed by atoms with van der Waals surface area (Å²) >= 11 is 0. The zero-order chi connectivity index (χ0) is 14.8. The lowest BCUT2D eigenvalue weighted by Crippen LogP contribution is -2.45. The molecule has 1 atom stereocenters. The third-order valence-electron chi connectivity index (χ3n) is 4.24. The van der Waals surface area contributed by atoms with Crippen LogP contribution in [0.2, 0.25) is 0 Å². The first-order valence-electron chi connectivity index (χ1n) is 7.20. The Morgan fingerprint density at radius 3 is 2.71 bits per heavy atom. The molecule has 1 aromatic carbocycles. The van der Waals surface area contributed by atoms with Crippen LogP contribution in [0.3, 0.4) is 0 Å². The van der Waals surface area contributed by atoms with Gasteiger partial charge in [0, 0.05) is 48.8 Å². The molecule has 5 nitrogen and oxygen atoms in total. The van der Waals surface area contributed by atoms with Gasteiger partial charge in [0.1, 0.15) is 11.8 Å². The number of H-pyrrole nitrogens is 1. The van der Waals surface area contributed by atoms with Crippen molar-refractivity contribution in [3.05, 3.63) is 30.0 Å². The quantitative estimate of drug-likeness (QED) is 0.936. The highest BCUT2D eigenvalue weighted by molar-refractivity contribution is 5.85. The standard InChI is InChI=1S/C16H20N4O/c1-19-5-7-20(8-6-19)16(10-17)14-11-18-15-4-3-12(21-2)9-13(14)15/h3-4,9,11,16,18H,5-8H2,1-2H3/t16-/m1/s1. The zero-order valence-corrected chi connectivity index (χ0v) is 12.5. The highest BCUT2D eigenvalue weighted by Crippen LogP contribution is 2.31. The van der Waals surface area contributed by atoms with E-state index in [2.05, 4.69) is 27.9 Å². The predicted octanol–water partition coefficient (Wildman–Crippen LogP) is 1.99. The van der Waals surface area contributed by atoms with Gasteiger partial charge < -0.3 is 14.6 Å². The van der Waals surface area contributed by atoms with E-state index in [1.54, 1.807) is 7.11 Å². The van der Waals surface area contributed by atoms with Gasteiger partial charge in [-0.15, -0.1) is 0 Å². The Hall–Kier alpha value is -2.03. The van der Waals surface area contributed by atoms with Crippen molar-refractivity contribution in [3.63, 3.8) is 0 Å². The summed E-state index contributed by atoms with van der Waals surface area (Å²) in [6, 6.07) is 8.18. The van der Waals surface area contributed by atoms with Gasteiger partial charge in [-0.25, -0.2) is 0 Å². The number of nitrogens with one attached hydrogen (secondary N) is 1. The van der Waals surface area contributed by atoms with Crippen LogP contribution in [0.25, 0.3) is 10.9 Å². The minimum atomic E-state index is -0.209. The third kappa shape index (κ3) is 2.60. The van der Waals surface area contributed by atoms with Gasteiger partial charge in [-0.1, -0.05) is 0 Å². The van der Waals surface area contributed by atoms with Crippen molar-refractivity contribution >= 4 is 10.9 Å². The van der Waals surface area contributed by atoms with Crippen LogP contribution in [0, 0.1) is 11.3 Å². The van der Waals surface area contributed by atoms with E-state index in [9.17, 15) is 5.26 Å². The molecule has 0 saturated carbocycles. The molecule has 0 spiro atoms. The van der Waals surface area contributed by atoms with Crippen LogP contribution in [0.15, 0.2) is 24.4 Å². The number of hydrogen-bond acceptors (Lipinski definition) is 4. The second-order valence-electron chi connectivity index (χ2n) is 5.53. The van der Waals surface area contributed by atoms with Crippen molar-refractivity contribution in [1.29, 1.82) is 5.26 Å². The summed E-state index contributed by atoms with van der Waals surface area (Å²) in [5, 5.41) is 10.7. The molecular formula is C16H20N4O. The number of aromatic amines is 1. The average molecular weight is 284 g/mol. The summed E-state index contributed by atoms with van der Waals surface area (Å²) in [7, 11) is 3.78. The van der Waals surface area contributed by atoms with Gasteiger partial charge in [0.25, 0.3) is 0 Å². The Bertz CT molecular complexity index is 664. The van der Waals surface area contributed by atoms with Gasteiger partial charge in [-0.2, -0.15) is 5.26 Å². The molecule has 3 rings (SSSR count). The fraction of sp³-hybridized carbons (Fsp3) is 0.438. The lowest BCUT2D eigenvalue weighted by molar-refractivity contribution is 0.133. The van der Waals surface area contributed by atoms with Gasteiger partial charge >= 0.3 is 0 Å². The number of aromatic nitrogens is 1. The normalized spacial score (nSPS) is 18.5. The molecule has 2 heterocycles. The third-order valence-corrected chi connectivity index (χ3v) is 4.24. The maximum absolute atomic E-state index is 9.65. The van der Waals surface area contributed by atoms with Crippen molar-refractivity contribution in [2.24, 2.45) is 0 Å². The van der Waals surface area contributed by atoms with E-state index < -0.39 is 0 Å². The van der Waals surface area contributed by atoms with Crippen LogP contribution in [-0.2, 0) is 0 Å². The molecule has 1 fully saturated rings. The van der Waals surface area contributed by atoms with E-state index in [-0.39, 0.29) is 6.04 Å². The Kier molecular flexibility index (Phi) is 3.82. The second-order valence-corrected chi connectivity index (χ2v) is 5.53. The molecule has 21 heavy (non-hydrogen) atoms. The van der Waals surface area contributed by atoms with Crippen molar-refractivity contribution in [2.75, 3.05) is 40.3 Å². The summed E-state index contributed by atoms with van der Waals surface area (Å²) in [6.07, 6.45) is 1.95. The number of piperazine rings is 1. The number of nitrogens with zero attached hydrogens (tertiary/aromatic N) is 3. The Balaban J connectivity index is 1.95. The Labute approximate surface area is 124 Å². The predicted molar refractivity (Wildman–Crippen MR) is 82.3 cm³/mol. The van der Waals surface area contributed by atoms with Crippen LogP contribution >= 0.6 is 0 Å². The molecule has 110 valence electrons. The van der Waals surface area contributed by atoms with E-state index in [0.717, 1.165) is 48.4 Å². The maximum atomic E-state index is 9.65. The van der Waals surface area contributed by atoms with Crippen molar-refractivity contribution in [2.45, 2.75) is 6.04 Å². The van der Waals surface area contributed by atoms with Crippen molar-refractivity contribution < 1.29 is 4.74 Å². The van der Waals surface area contributed by atoms with Crippen LogP contribution in [0.5, 0.6) is 5.75 Å². The number of benzene rings is 1. The molecule has 0 aliphatic carbocycles. The van der Waals surface area contributed by atoms with Crippen molar-refractivity contribution in [1.82, 2.24) is 14.8 Å². The number of methoxy groups -OCH3 is 1. The molecule has 1 aliphatic heterocycles. The van der Waals surface area contributed by atoms with E-state index in [4.69, 9.17) is 4.74 Å². The lowest BCUT2D eigenvalue weighted by atomic mass is 10.0. The fourth-order valence-electron chi connectivity index (χ4n) is 2.90. The van der Waals surface area contributed by atoms with Crippen LogP contribution in [-0.4, -0.2) is 55.1 Å². The minimum Gasteiger partial charge on any atom is -0.497 e. The van der Waals surface area contributed by atoms with E-state index in [0.29, 0.717) is 0 Å². The zero-order valence-electron chi connectivity index (χ0n) is 12.5. The molecule has 1 saturated heterocycles. The summed E-state index contributed by atoms with van der Waals surface area (Å²) in [5.74, 6) is 0.818. The molecule has 0 radical (unpaired) electrons. The monoisotopic (exact) mass is 284 g/mol. The maximum Gasteiger partial charge on any atom is 0.126 e. The summed E-state index contributed by atoms with van der Waals surface area (Å²) in [5.41, 5.74) is 2.08. The van der Waals surface area contributed by atoms with Gasteiger partial charge in [-0.05, 0) is 25.2 Å². The molecule has 0 amide bonds. The van der Waals surface area contributed by atoms with E-state index in [1.165, 1.54) is 0 Å². The van der Waals surface area contributed by atoms with Gasteiger partial charge in [0.05, 0.1) is 13.2 Å². The topological polar surface area (TPSA) is 55.3 Å². The first kappa shape index (κ1) is 13.9. The van der Waals surface area contributed by atoms with Crippen LogP contribution in [0.4, 0.5) is 0 Å². The van der Waals surface area contributed by atoms with E-state index in [1.807, 2.05) is 24.4 Å². The number of fused-ring (bicyclic) bond motifs is 1. The summed E-state index contributed by atoms with van der Waals surface area (Å²) < 4.78 is 5.30. The lowest BCUT2D eigenvalue weighted by Gasteiger charge is -2.35. The Morgan fingerprint density at radius 2 is 2.05 bits per heavy atom. The number of likely N-dealkylation sites (N-methyl/N-ethyl adjacent to an activating group) is 1. The summed E-state index contributed by atoms with van der Waals surface area (Å²) in [6.45, 7) is 3.85. The smallest absolute Gasteiger partial charge is 0.126 e. The first-order valence-corrected chi connectivity index (χ1v) is 7.20. The largest absolute Gasteiger partial charge is 0.497 e. The first-order chi connectivity index (χ1) is 10.2. The van der Waals surface area contributed by atoms with Gasteiger partial charge in [0.15, 0.2) is 0 Å². The molecule has 1 N–H and O–H groups in total. The van der Waals surface area contributed by atoms with Gasteiger partial charge in [-0.3, -0.25) is 4.90 Å². The highest BCUT2D eigenvalue weighted by atomic mass is 16.5. The Morgan fingerprint density at radius 1 is 1.29 bits per heavy atom. The average Bonchev–Trinajstić information content (AvgIpc) is 2.93. The van der Waals surface area contributed by atoms with E-state index >= 15 is 0 Å².